The maximum Gasteiger partial charge on any atom is 0.325 e. The van der Waals surface area contributed by atoms with Crippen molar-refractivity contribution in [3.8, 4) is 0 Å². The number of carbonyl (C=O) groups is 2. The molecule has 5 heteroatoms. The highest BCUT2D eigenvalue weighted by atomic mass is 16.5. The molecule has 0 atom stereocenters. The van der Waals surface area contributed by atoms with Gasteiger partial charge in [0, 0.05) is 11.6 Å². The van der Waals surface area contributed by atoms with Gasteiger partial charge in [0.15, 0.2) is 0 Å². The molecule has 0 spiro atoms. The van der Waals surface area contributed by atoms with Crippen molar-refractivity contribution in [2.24, 2.45) is 0 Å². The molecule has 1 N–H and O–H groups in total. The van der Waals surface area contributed by atoms with Crippen LogP contribution in [0.4, 0.5) is 0 Å². The summed E-state index contributed by atoms with van der Waals surface area (Å²) in [5.74, 6) is -0.804. The van der Waals surface area contributed by atoms with Gasteiger partial charge in [0.25, 0.3) is 0 Å². The predicted octanol–water partition coefficient (Wildman–Crippen LogP) is 0.972. The van der Waals surface area contributed by atoms with Crippen LogP contribution < -0.4 is 5.32 Å². The van der Waals surface area contributed by atoms with E-state index in [4.69, 9.17) is 4.42 Å². The fourth-order valence-corrected chi connectivity index (χ4v) is 0.972. The van der Waals surface area contributed by atoms with E-state index in [0.717, 1.165) is 5.56 Å². The lowest BCUT2D eigenvalue weighted by molar-refractivity contribution is -0.143. The van der Waals surface area contributed by atoms with E-state index in [2.05, 4.69) is 10.1 Å². The van der Waals surface area contributed by atoms with Gasteiger partial charge < -0.3 is 14.5 Å². The van der Waals surface area contributed by atoms with Crippen molar-refractivity contribution < 1.29 is 18.7 Å². The summed E-state index contributed by atoms with van der Waals surface area (Å²) < 4.78 is 9.47. The van der Waals surface area contributed by atoms with Crippen molar-refractivity contribution in [3.63, 3.8) is 0 Å². The summed E-state index contributed by atoms with van der Waals surface area (Å²) in [6.07, 6.45) is 5.93. The first kappa shape index (κ1) is 12.0. The standard InChI is InChI=1S/C11H13NO4/c1-2-16-11(14)7-12-10(13)4-3-9-5-6-15-8-9/h3-6,8H,2,7H2,1H3,(H,12,13)/b4-3+. The summed E-state index contributed by atoms with van der Waals surface area (Å²) in [5.41, 5.74) is 0.784. The van der Waals surface area contributed by atoms with Crippen molar-refractivity contribution >= 4 is 18.0 Å². The summed E-state index contributed by atoms with van der Waals surface area (Å²) in [4.78, 5) is 22.1. The van der Waals surface area contributed by atoms with Crippen LogP contribution in [0.2, 0.25) is 0 Å². The lowest BCUT2D eigenvalue weighted by Gasteiger charge is -2.01. The minimum absolute atomic E-state index is 0.123. The second-order valence-electron chi connectivity index (χ2n) is 2.91. The molecule has 0 aromatic carbocycles. The molecule has 0 aliphatic rings. The zero-order valence-corrected chi connectivity index (χ0v) is 8.93. The van der Waals surface area contributed by atoms with Crippen LogP contribution in [0.5, 0.6) is 0 Å². The van der Waals surface area contributed by atoms with E-state index >= 15 is 0 Å². The monoisotopic (exact) mass is 223 g/mol. The summed E-state index contributed by atoms with van der Waals surface area (Å²) in [6, 6.07) is 1.72. The minimum atomic E-state index is -0.451. The lowest BCUT2D eigenvalue weighted by Crippen LogP contribution is -2.29. The van der Waals surface area contributed by atoms with E-state index in [1.54, 1.807) is 19.1 Å². The fraction of sp³-hybridized carbons (Fsp3) is 0.273. The Labute approximate surface area is 93.1 Å². The maximum atomic E-state index is 11.2. The number of nitrogens with one attached hydrogen (secondary N) is 1. The molecule has 1 heterocycles. The Balaban J connectivity index is 2.28. The Morgan fingerprint density at radius 1 is 1.56 bits per heavy atom. The van der Waals surface area contributed by atoms with E-state index in [-0.39, 0.29) is 12.5 Å². The Kier molecular flexibility index (Phi) is 4.85. The molecule has 16 heavy (non-hydrogen) atoms. The van der Waals surface area contributed by atoms with Crippen LogP contribution in [0.25, 0.3) is 6.08 Å². The van der Waals surface area contributed by atoms with Gasteiger partial charge in [0.05, 0.1) is 19.1 Å². The largest absolute Gasteiger partial charge is 0.472 e. The molecule has 0 fully saturated rings. The van der Waals surface area contributed by atoms with Crippen LogP contribution >= 0.6 is 0 Å². The molecule has 0 saturated heterocycles. The molecule has 1 aromatic rings. The number of rotatable bonds is 5. The second-order valence-corrected chi connectivity index (χ2v) is 2.91. The summed E-state index contributed by atoms with van der Waals surface area (Å²) in [7, 11) is 0. The smallest absolute Gasteiger partial charge is 0.325 e. The van der Waals surface area contributed by atoms with Gasteiger partial charge in [-0.25, -0.2) is 0 Å². The van der Waals surface area contributed by atoms with Crippen molar-refractivity contribution in [1.82, 2.24) is 5.32 Å². The number of hydrogen-bond donors (Lipinski definition) is 1. The van der Waals surface area contributed by atoms with Gasteiger partial charge in [-0.1, -0.05) is 0 Å². The summed E-state index contributed by atoms with van der Waals surface area (Å²) in [6.45, 7) is 1.89. The molecule has 1 amide bonds. The highest BCUT2D eigenvalue weighted by Gasteiger charge is 2.02. The molecule has 0 bridgehead atoms. The first-order valence-electron chi connectivity index (χ1n) is 4.86. The number of amides is 1. The van der Waals surface area contributed by atoms with Crippen molar-refractivity contribution in [2.45, 2.75) is 6.92 Å². The number of carbonyl (C=O) groups excluding carboxylic acids is 2. The Morgan fingerprint density at radius 2 is 2.38 bits per heavy atom. The number of ether oxygens (including phenoxy) is 1. The van der Waals surface area contributed by atoms with Crippen LogP contribution in [-0.2, 0) is 14.3 Å². The number of esters is 1. The zero-order chi connectivity index (χ0) is 11.8. The first-order valence-corrected chi connectivity index (χ1v) is 4.86. The van der Waals surface area contributed by atoms with Crippen molar-refractivity contribution in [2.75, 3.05) is 13.2 Å². The normalized spacial score (nSPS) is 10.3. The van der Waals surface area contributed by atoms with Crippen LogP contribution in [0.15, 0.2) is 29.1 Å². The molecule has 1 aromatic heterocycles. The molecule has 0 unspecified atom stereocenters. The van der Waals surface area contributed by atoms with Crippen molar-refractivity contribution in [1.29, 1.82) is 0 Å². The molecule has 0 aliphatic carbocycles. The van der Waals surface area contributed by atoms with E-state index in [1.807, 2.05) is 0 Å². The molecular formula is C11H13NO4. The van der Waals surface area contributed by atoms with Gasteiger partial charge in [0.2, 0.25) is 5.91 Å². The number of hydrogen-bond acceptors (Lipinski definition) is 4. The molecule has 5 nitrogen and oxygen atoms in total. The first-order chi connectivity index (χ1) is 7.72. The minimum Gasteiger partial charge on any atom is -0.472 e. The van der Waals surface area contributed by atoms with Gasteiger partial charge in [-0.3, -0.25) is 9.59 Å². The Morgan fingerprint density at radius 3 is 3.00 bits per heavy atom. The van der Waals surface area contributed by atoms with Gasteiger partial charge in [-0.2, -0.15) is 0 Å². The van der Waals surface area contributed by atoms with Crippen LogP contribution in [0.1, 0.15) is 12.5 Å². The molecule has 0 aliphatic heterocycles. The van der Waals surface area contributed by atoms with Gasteiger partial charge in [-0.05, 0) is 19.1 Å². The molecule has 86 valence electrons. The van der Waals surface area contributed by atoms with Gasteiger partial charge in [-0.15, -0.1) is 0 Å². The summed E-state index contributed by atoms with van der Waals surface area (Å²) in [5, 5.41) is 2.40. The third-order valence-corrected chi connectivity index (χ3v) is 1.68. The average Bonchev–Trinajstić information content (AvgIpc) is 2.77. The second kappa shape index (κ2) is 6.44. The lowest BCUT2D eigenvalue weighted by atomic mass is 10.3. The number of furan rings is 1. The average molecular weight is 223 g/mol. The van der Waals surface area contributed by atoms with Gasteiger partial charge >= 0.3 is 5.97 Å². The third kappa shape index (κ3) is 4.45. The Hall–Kier alpha value is -2.04. The van der Waals surface area contributed by atoms with Crippen LogP contribution in [0.3, 0.4) is 0 Å². The topological polar surface area (TPSA) is 68.5 Å². The van der Waals surface area contributed by atoms with E-state index in [0.29, 0.717) is 6.61 Å². The molecule has 0 saturated carbocycles. The SMILES string of the molecule is CCOC(=O)CNC(=O)/C=C/c1ccoc1. The van der Waals surface area contributed by atoms with Gasteiger partial charge in [0.1, 0.15) is 6.54 Å². The third-order valence-electron chi connectivity index (χ3n) is 1.68. The summed E-state index contributed by atoms with van der Waals surface area (Å²) >= 11 is 0. The van der Waals surface area contributed by atoms with E-state index in [1.165, 1.54) is 18.6 Å². The Bertz CT molecular complexity index is 367. The van der Waals surface area contributed by atoms with E-state index < -0.39 is 5.97 Å². The zero-order valence-electron chi connectivity index (χ0n) is 8.93. The maximum absolute atomic E-state index is 11.2. The van der Waals surface area contributed by atoms with E-state index in [9.17, 15) is 9.59 Å². The predicted molar refractivity (Wildman–Crippen MR) is 57.4 cm³/mol. The molecular weight excluding hydrogens is 210 g/mol. The highest BCUT2D eigenvalue weighted by molar-refractivity contribution is 5.93. The molecule has 0 radical (unpaired) electrons. The molecule has 1 rings (SSSR count). The quantitative estimate of drug-likeness (QED) is 0.596. The fourth-order valence-electron chi connectivity index (χ4n) is 0.972. The van der Waals surface area contributed by atoms with Crippen LogP contribution in [0, 0.1) is 0 Å². The highest BCUT2D eigenvalue weighted by Crippen LogP contribution is 2.01. The van der Waals surface area contributed by atoms with Crippen LogP contribution in [-0.4, -0.2) is 25.0 Å². The van der Waals surface area contributed by atoms with Crippen molar-refractivity contribution in [3.05, 3.63) is 30.2 Å².